The van der Waals surface area contributed by atoms with Crippen molar-refractivity contribution >= 4 is 0 Å². The summed E-state index contributed by atoms with van der Waals surface area (Å²) in [6.07, 6.45) is 10.4. The lowest BCUT2D eigenvalue weighted by atomic mass is 9.81. The molecule has 3 aliphatic rings. The van der Waals surface area contributed by atoms with Crippen molar-refractivity contribution in [3.63, 3.8) is 0 Å². The van der Waals surface area contributed by atoms with Crippen molar-refractivity contribution < 1.29 is 0 Å². The second kappa shape index (κ2) is 4.06. The summed E-state index contributed by atoms with van der Waals surface area (Å²) in [6, 6.07) is 0. The molecule has 2 atom stereocenters. The van der Waals surface area contributed by atoms with Crippen LogP contribution in [-0.4, -0.2) is 36.6 Å². The fraction of sp³-hybridized carbons (Fsp3) is 1.00. The highest BCUT2D eigenvalue weighted by Crippen LogP contribution is 2.48. The highest BCUT2D eigenvalue weighted by Gasteiger charge is 2.45. The van der Waals surface area contributed by atoms with Gasteiger partial charge in [-0.3, -0.25) is 4.90 Å². The van der Waals surface area contributed by atoms with Crippen molar-refractivity contribution in [2.24, 2.45) is 5.92 Å². The van der Waals surface area contributed by atoms with E-state index in [-0.39, 0.29) is 0 Å². The van der Waals surface area contributed by atoms with E-state index >= 15 is 0 Å². The zero-order valence-corrected chi connectivity index (χ0v) is 9.80. The third kappa shape index (κ3) is 1.83. The van der Waals surface area contributed by atoms with E-state index in [0.717, 1.165) is 5.92 Å². The maximum atomic E-state index is 3.53. The Balaban J connectivity index is 1.73. The molecule has 15 heavy (non-hydrogen) atoms. The Kier molecular flexibility index (Phi) is 2.73. The average molecular weight is 208 g/mol. The molecule has 3 rings (SSSR count). The summed E-state index contributed by atoms with van der Waals surface area (Å²) in [7, 11) is 0. The number of fused-ring (bicyclic) bond motifs is 2. The van der Waals surface area contributed by atoms with Crippen LogP contribution < -0.4 is 5.32 Å². The van der Waals surface area contributed by atoms with Crippen LogP contribution in [0, 0.1) is 5.92 Å². The topological polar surface area (TPSA) is 15.3 Å². The van der Waals surface area contributed by atoms with E-state index in [1.807, 2.05) is 0 Å². The second-order valence-electron chi connectivity index (χ2n) is 5.82. The first-order valence-corrected chi connectivity index (χ1v) is 6.85. The zero-order valence-electron chi connectivity index (χ0n) is 9.80. The summed E-state index contributed by atoms with van der Waals surface area (Å²) in [5, 5.41) is 3.53. The first-order chi connectivity index (χ1) is 7.39. The maximum Gasteiger partial charge on any atom is 0.0212 e. The molecule has 0 radical (unpaired) electrons. The molecule has 0 aromatic carbocycles. The Morgan fingerprint density at radius 2 is 2.00 bits per heavy atom. The third-order valence-corrected chi connectivity index (χ3v) is 4.95. The predicted molar refractivity (Wildman–Crippen MR) is 63.0 cm³/mol. The molecule has 0 spiro atoms. The molecule has 3 fully saturated rings. The van der Waals surface area contributed by atoms with Crippen LogP contribution in [0.25, 0.3) is 0 Å². The van der Waals surface area contributed by atoms with Crippen molar-refractivity contribution in [3.8, 4) is 0 Å². The summed E-state index contributed by atoms with van der Waals surface area (Å²) >= 11 is 0. The molecule has 2 unspecified atom stereocenters. The molecule has 1 N–H and O–H groups in total. The maximum absolute atomic E-state index is 3.53. The van der Waals surface area contributed by atoms with Gasteiger partial charge in [-0.25, -0.2) is 0 Å². The summed E-state index contributed by atoms with van der Waals surface area (Å²) in [4.78, 5) is 2.84. The van der Waals surface area contributed by atoms with E-state index in [1.54, 1.807) is 0 Å². The SMILES string of the molecule is C1CNCCN(C23CCCC(CC2)C3)C1. The van der Waals surface area contributed by atoms with Crippen LogP contribution in [0.2, 0.25) is 0 Å². The van der Waals surface area contributed by atoms with Crippen molar-refractivity contribution in [3.05, 3.63) is 0 Å². The molecular weight excluding hydrogens is 184 g/mol. The van der Waals surface area contributed by atoms with Crippen LogP contribution in [0.4, 0.5) is 0 Å². The van der Waals surface area contributed by atoms with Crippen LogP contribution in [-0.2, 0) is 0 Å². The van der Waals surface area contributed by atoms with Gasteiger partial charge in [0.05, 0.1) is 0 Å². The summed E-state index contributed by atoms with van der Waals surface area (Å²) in [6.45, 7) is 5.09. The Hall–Kier alpha value is -0.0800. The molecule has 0 amide bonds. The van der Waals surface area contributed by atoms with E-state index in [0.29, 0.717) is 5.54 Å². The predicted octanol–water partition coefficient (Wildman–Crippen LogP) is 2.00. The standard InChI is InChI=1S/C13H24N2/c1-3-12-4-6-13(5-1,11-12)15-9-2-7-14-8-10-15/h12,14H,1-11H2. The van der Waals surface area contributed by atoms with Gasteiger partial charge in [0.15, 0.2) is 0 Å². The largest absolute Gasteiger partial charge is 0.315 e. The molecule has 86 valence electrons. The molecule has 2 saturated carbocycles. The monoisotopic (exact) mass is 208 g/mol. The molecule has 2 aliphatic carbocycles. The Bertz CT molecular complexity index is 217. The lowest BCUT2D eigenvalue weighted by Crippen LogP contribution is -2.49. The number of hydrogen-bond acceptors (Lipinski definition) is 2. The lowest BCUT2D eigenvalue weighted by Gasteiger charge is -2.43. The molecule has 2 bridgehead atoms. The molecule has 1 aliphatic heterocycles. The molecule has 1 heterocycles. The van der Waals surface area contributed by atoms with Crippen LogP contribution in [0.15, 0.2) is 0 Å². The van der Waals surface area contributed by atoms with E-state index in [4.69, 9.17) is 0 Å². The van der Waals surface area contributed by atoms with Crippen molar-refractivity contribution in [1.29, 1.82) is 0 Å². The Labute approximate surface area is 93.4 Å². The van der Waals surface area contributed by atoms with E-state index in [2.05, 4.69) is 10.2 Å². The summed E-state index contributed by atoms with van der Waals surface area (Å²) in [5.41, 5.74) is 0.648. The smallest absolute Gasteiger partial charge is 0.0212 e. The number of hydrogen-bond donors (Lipinski definition) is 1. The van der Waals surface area contributed by atoms with Gasteiger partial charge in [-0.1, -0.05) is 12.8 Å². The first kappa shape index (κ1) is 10.1. The van der Waals surface area contributed by atoms with Gasteiger partial charge in [0.1, 0.15) is 0 Å². The van der Waals surface area contributed by atoms with Gasteiger partial charge in [-0.05, 0) is 51.1 Å². The fourth-order valence-corrected chi connectivity index (χ4v) is 4.17. The van der Waals surface area contributed by atoms with Crippen LogP contribution in [0.1, 0.15) is 44.9 Å². The molecule has 2 nitrogen and oxygen atoms in total. The first-order valence-electron chi connectivity index (χ1n) is 6.85. The number of nitrogens with zero attached hydrogens (tertiary/aromatic N) is 1. The summed E-state index contributed by atoms with van der Waals surface area (Å²) in [5.74, 6) is 1.08. The van der Waals surface area contributed by atoms with Gasteiger partial charge in [0, 0.05) is 18.6 Å². The zero-order chi connectivity index (χ0) is 10.1. The average Bonchev–Trinajstić information content (AvgIpc) is 2.51. The fourth-order valence-electron chi connectivity index (χ4n) is 4.17. The van der Waals surface area contributed by atoms with Gasteiger partial charge in [0.25, 0.3) is 0 Å². The van der Waals surface area contributed by atoms with Crippen molar-refractivity contribution in [2.75, 3.05) is 26.2 Å². The van der Waals surface area contributed by atoms with Crippen molar-refractivity contribution in [2.45, 2.75) is 50.5 Å². The van der Waals surface area contributed by atoms with Crippen molar-refractivity contribution in [1.82, 2.24) is 10.2 Å². The van der Waals surface area contributed by atoms with E-state index in [9.17, 15) is 0 Å². The minimum Gasteiger partial charge on any atom is -0.315 e. The highest BCUT2D eigenvalue weighted by molar-refractivity contribution is 5.01. The molecule has 0 aromatic heterocycles. The quantitative estimate of drug-likeness (QED) is 0.709. The van der Waals surface area contributed by atoms with Gasteiger partial charge in [-0.15, -0.1) is 0 Å². The van der Waals surface area contributed by atoms with E-state index in [1.165, 1.54) is 71.1 Å². The highest BCUT2D eigenvalue weighted by atomic mass is 15.2. The Morgan fingerprint density at radius 1 is 1.00 bits per heavy atom. The lowest BCUT2D eigenvalue weighted by molar-refractivity contribution is 0.0699. The third-order valence-electron chi connectivity index (χ3n) is 4.95. The van der Waals surface area contributed by atoms with E-state index < -0.39 is 0 Å². The minimum absolute atomic E-state index is 0.648. The minimum atomic E-state index is 0.648. The van der Waals surface area contributed by atoms with Crippen LogP contribution >= 0.6 is 0 Å². The normalized spacial score (nSPS) is 42.8. The number of rotatable bonds is 1. The van der Waals surface area contributed by atoms with Gasteiger partial charge >= 0.3 is 0 Å². The van der Waals surface area contributed by atoms with Crippen LogP contribution in [0.5, 0.6) is 0 Å². The molecule has 0 aromatic rings. The van der Waals surface area contributed by atoms with Gasteiger partial charge < -0.3 is 5.32 Å². The summed E-state index contributed by atoms with van der Waals surface area (Å²) < 4.78 is 0. The molecule has 2 heteroatoms. The van der Waals surface area contributed by atoms with Gasteiger partial charge in [-0.2, -0.15) is 0 Å². The van der Waals surface area contributed by atoms with Crippen LogP contribution in [0.3, 0.4) is 0 Å². The molecular formula is C13H24N2. The second-order valence-corrected chi connectivity index (χ2v) is 5.82. The van der Waals surface area contributed by atoms with Gasteiger partial charge in [0.2, 0.25) is 0 Å². The number of nitrogens with one attached hydrogen (secondary N) is 1. The Morgan fingerprint density at radius 3 is 3.00 bits per heavy atom. The molecule has 1 saturated heterocycles.